The van der Waals surface area contributed by atoms with Crippen LogP contribution in [-0.2, 0) is 0 Å². The number of hydrogen-bond acceptors (Lipinski definition) is 4. The van der Waals surface area contributed by atoms with Crippen LogP contribution in [0.1, 0.15) is 9.67 Å². The summed E-state index contributed by atoms with van der Waals surface area (Å²) in [6.45, 7) is 0. The molecule has 0 bridgehead atoms. The monoisotopic (exact) mass is 351 g/mol. The summed E-state index contributed by atoms with van der Waals surface area (Å²) in [6, 6.07) is 1.65. The van der Waals surface area contributed by atoms with Crippen LogP contribution in [0.25, 0.3) is 0 Å². The third-order valence-electron chi connectivity index (χ3n) is 1.78. The molecule has 2 aromatic heterocycles. The Bertz CT molecular complexity index is 575. The number of aromatic nitrogens is 2. The molecule has 0 unspecified atom stereocenters. The summed E-state index contributed by atoms with van der Waals surface area (Å²) in [5.41, 5.74) is 1.91. The van der Waals surface area contributed by atoms with E-state index in [1.807, 2.05) is 0 Å². The number of nitrogens with zero attached hydrogens (tertiary/aromatic N) is 2. The number of thiazole rings is 1. The number of amides is 1. The molecule has 0 aliphatic rings. The Labute approximate surface area is 119 Å². The lowest BCUT2D eigenvalue weighted by Gasteiger charge is -2.05. The fourth-order valence-electron chi connectivity index (χ4n) is 1.07. The van der Waals surface area contributed by atoms with E-state index in [-0.39, 0.29) is 16.2 Å². The molecule has 0 aliphatic carbocycles. The smallest absolute Gasteiger partial charge is 0.269 e. The largest absolute Gasteiger partial charge is 0.318 e. The molecule has 0 saturated carbocycles. The SMILES string of the molecule is O=C(Nc1cc(Br)cnc1Cl)c1scnc1Cl. The standard InChI is InChI=1S/C9H4BrCl2N3OS/c10-4-1-5(7(11)13-2-4)15-9(16)6-8(12)14-3-17-6/h1-3H,(H,15,16). The lowest BCUT2D eigenvalue weighted by atomic mass is 10.4. The average Bonchev–Trinajstić information content (AvgIpc) is 2.70. The minimum absolute atomic E-state index is 0.173. The topological polar surface area (TPSA) is 54.9 Å². The van der Waals surface area contributed by atoms with Crippen molar-refractivity contribution in [3.8, 4) is 0 Å². The Balaban J connectivity index is 2.24. The van der Waals surface area contributed by atoms with Crippen molar-refractivity contribution in [2.75, 3.05) is 5.32 Å². The lowest BCUT2D eigenvalue weighted by Crippen LogP contribution is -2.11. The van der Waals surface area contributed by atoms with Gasteiger partial charge in [-0.1, -0.05) is 23.2 Å². The summed E-state index contributed by atoms with van der Waals surface area (Å²) in [7, 11) is 0. The fraction of sp³-hybridized carbons (Fsp3) is 0. The maximum absolute atomic E-state index is 11.8. The number of anilines is 1. The van der Waals surface area contributed by atoms with Crippen LogP contribution in [0.4, 0.5) is 5.69 Å². The second-order valence-corrected chi connectivity index (χ2v) is 5.40. The maximum Gasteiger partial charge on any atom is 0.269 e. The van der Waals surface area contributed by atoms with Crippen LogP contribution >= 0.6 is 50.5 Å². The van der Waals surface area contributed by atoms with Crippen LogP contribution in [0.5, 0.6) is 0 Å². The molecule has 0 saturated heterocycles. The van der Waals surface area contributed by atoms with Crippen molar-refractivity contribution in [3.63, 3.8) is 0 Å². The molecular weight excluding hydrogens is 349 g/mol. The van der Waals surface area contributed by atoms with E-state index >= 15 is 0 Å². The van der Waals surface area contributed by atoms with Crippen LogP contribution in [0, 0.1) is 0 Å². The number of carbonyl (C=O) groups is 1. The first-order valence-corrected chi connectivity index (χ1v) is 6.72. The highest BCUT2D eigenvalue weighted by molar-refractivity contribution is 9.10. The van der Waals surface area contributed by atoms with Gasteiger partial charge in [0.1, 0.15) is 4.88 Å². The minimum atomic E-state index is -0.362. The fourth-order valence-corrected chi connectivity index (χ4v) is 2.45. The molecule has 4 nitrogen and oxygen atoms in total. The first-order valence-electron chi connectivity index (χ1n) is 4.29. The van der Waals surface area contributed by atoms with Crippen molar-refractivity contribution in [1.29, 1.82) is 0 Å². The summed E-state index contributed by atoms with van der Waals surface area (Å²) in [4.78, 5) is 19.8. The molecule has 0 aliphatic heterocycles. The average molecular weight is 353 g/mol. The van der Waals surface area contributed by atoms with Gasteiger partial charge in [-0.05, 0) is 22.0 Å². The number of rotatable bonds is 2. The van der Waals surface area contributed by atoms with Crippen molar-refractivity contribution in [2.24, 2.45) is 0 Å². The van der Waals surface area contributed by atoms with Gasteiger partial charge in [0.05, 0.1) is 11.2 Å². The van der Waals surface area contributed by atoms with E-state index in [1.54, 1.807) is 6.07 Å². The molecule has 88 valence electrons. The first-order chi connectivity index (χ1) is 8.08. The lowest BCUT2D eigenvalue weighted by molar-refractivity contribution is 0.103. The number of carbonyl (C=O) groups excluding carboxylic acids is 1. The third kappa shape index (κ3) is 2.95. The summed E-state index contributed by atoms with van der Waals surface area (Å²) in [5.74, 6) is -0.362. The van der Waals surface area contributed by atoms with E-state index in [9.17, 15) is 4.79 Å². The summed E-state index contributed by atoms with van der Waals surface area (Å²) >= 11 is 16.0. The third-order valence-corrected chi connectivity index (χ3v) is 3.74. The van der Waals surface area contributed by atoms with Crippen molar-refractivity contribution < 1.29 is 4.79 Å². The van der Waals surface area contributed by atoms with E-state index in [4.69, 9.17) is 23.2 Å². The van der Waals surface area contributed by atoms with Gasteiger partial charge in [-0.2, -0.15) is 0 Å². The zero-order chi connectivity index (χ0) is 12.4. The van der Waals surface area contributed by atoms with Gasteiger partial charge in [0, 0.05) is 10.7 Å². The molecule has 2 heterocycles. The van der Waals surface area contributed by atoms with Gasteiger partial charge < -0.3 is 5.32 Å². The molecule has 2 aromatic rings. The van der Waals surface area contributed by atoms with Crippen molar-refractivity contribution in [2.45, 2.75) is 0 Å². The van der Waals surface area contributed by atoms with Crippen LogP contribution in [0.2, 0.25) is 10.3 Å². The molecule has 8 heteroatoms. The Morgan fingerprint density at radius 3 is 2.76 bits per heavy atom. The number of nitrogens with one attached hydrogen (secondary N) is 1. The molecule has 0 aromatic carbocycles. The Hall–Kier alpha value is -0.690. The van der Waals surface area contributed by atoms with Crippen LogP contribution in [0.3, 0.4) is 0 Å². The van der Waals surface area contributed by atoms with Gasteiger partial charge in [-0.3, -0.25) is 4.79 Å². The van der Waals surface area contributed by atoms with Crippen molar-refractivity contribution in [1.82, 2.24) is 9.97 Å². The first kappa shape index (κ1) is 12.8. The Kier molecular flexibility index (Phi) is 3.98. The molecule has 0 fully saturated rings. The predicted octanol–water partition coefficient (Wildman–Crippen LogP) is 3.86. The van der Waals surface area contributed by atoms with E-state index in [1.165, 1.54) is 11.7 Å². The summed E-state index contributed by atoms with van der Waals surface area (Å²) in [6.07, 6.45) is 1.54. The highest BCUT2D eigenvalue weighted by atomic mass is 79.9. The Morgan fingerprint density at radius 2 is 2.12 bits per heavy atom. The van der Waals surface area contributed by atoms with E-state index < -0.39 is 0 Å². The predicted molar refractivity (Wildman–Crippen MR) is 72.0 cm³/mol. The van der Waals surface area contributed by atoms with Crippen molar-refractivity contribution >= 4 is 62.1 Å². The number of hydrogen-bond donors (Lipinski definition) is 1. The van der Waals surface area contributed by atoms with E-state index in [0.717, 1.165) is 11.3 Å². The zero-order valence-corrected chi connectivity index (χ0v) is 12.0. The molecule has 0 atom stereocenters. The summed E-state index contributed by atoms with van der Waals surface area (Å²) < 4.78 is 0.715. The maximum atomic E-state index is 11.8. The van der Waals surface area contributed by atoms with Gasteiger partial charge in [0.2, 0.25) is 0 Å². The summed E-state index contributed by atoms with van der Waals surface area (Å²) in [5, 5.41) is 3.00. The zero-order valence-electron chi connectivity index (χ0n) is 8.08. The molecule has 1 N–H and O–H groups in total. The van der Waals surface area contributed by atoms with E-state index in [2.05, 4.69) is 31.2 Å². The second-order valence-electron chi connectivity index (χ2n) is 2.92. The van der Waals surface area contributed by atoms with Crippen molar-refractivity contribution in [3.05, 3.63) is 37.4 Å². The van der Waals surface area contributed by atoms with Crippen LogP contribution in [0.15, 0.2) is 22.2 Å². The normalized spacial score (nSPS) is 10.3. The number of pyridine rings is 1. The van der Waals surface area contributed by atoms with Gasteiger partial charge in [-0.15, -0.1) is 11.3 Å². The molecule has 0 spiro atoms. The van der Waals surface area contributed by atoms with Gasteiger partial charge in [0.25, 0.3) is 5.91 Å². The van der Waals surface area contributed by atoms with E-state index in [0.29, 0.717) is 15.0 Å². The molecule has 2 rings (SSSR count). The van der Waals surface area contributed by atoms with Crippen LogP contribution < -0.4 is 5.32 Å². The second kappa shape index (κ2) is 5.30. The molecule has 17 heavy (non-hydrogen) atoms. The quantitative estimate of drug-likeness (QED) is 0.835. The molecular formula is C9H4BrCl2N3OS. The highest BCUT2D eigenvalue weighted by Crippen LogP contribution is 2.25. The van der Waals surface area contributed by atoms with Crippen LogP contribution in [-0.4, -0.2) is 15.9 Å². The van der Waals surface area contributed by atoms with Gasteiger partial charge in [0.15, 0.2) is 10.3 Å². The Morgan fingerprint density at radius 1 is 1.35 bits per heavy atom. The molecule has 0 radical (unpaired) electrons. The molecule has 1 amide bonds. The highest BCUT2D eigenvalue weighted by Gasteiger charge is 2.15. The number of halogens is 3. The van der Waals surface area contributed by atoms with Gasteiger partial charge >= 0.3 is 0 Å². The minimum Gasteiger partial charge on any atom is -0.318 e. The van der Waals surface area contributed by atoms with Gasteiger partial charge in [-0.25, -0.2) is 9.97 Å².